The van der Waals surface area contributed by atoms with Crippen LogP contribution in [-0.4, -0.2) is 25.4 Å². The smallest absolute Gasteiger partial charge is 0.227 e. The van der Waals surface area contributed by atoms with Gasteiger partial charge in [0.15, 0.2) is 5.82 Å². The number of aromatic amines is 1. The molecule has 180 valence electrons. The van der Waals surface area contributed by atoms with Gasteiger partial charge in [0.05, 0.1) is 11.9 Å². The number of nitrogens with two attached hydrogens (primary N) is 1. The fourth-order valence-electron chi connectivity index (χ4n) is 4.21. The quantitative estimate of drug-likeness (QED) is 0.249. The number of anilines is 3. The summed E-state index contributed by atoms with van der Waals surface area (Å²) in [5.41, 5.74) is 10.5. The van der Waals surface area contributed by atoms with Crippen molar-refractivity contribution in [3.8, 4) is 22.8 Å². The molecule has 0 spiro atoms. The fourth-order valence-corrected chi connectivity index (χ4v) is 4.21. The van der Waals surface area contributed by atoms with Gasteiger partial charge in [0.1, 0.15) is 11.6 Å². The van der Waals surface area contributed by atoms with Crippen LogP contribution in [0.25, 0.3) is 21.9 Å². The number of fused-ring (bicyclic) bond motifs is 1. The minimum atomic E-state index is 0.446. The Morgan fingerprint density at radius 3 is 2.35 bits per heavy atom. The van der Waals surface area contributed by atoms with Crippen molar-refractivity contribution in [3.63, 3.8) is 0 Å². The van der Waals surface area contributed by atoms with Gasteiger partial charge in [0.2, 0.25) is 5.88 Å². The lowest BCUT2D eigenvalue weighted by molar-refractivity contribution is 0.465. The van der Waals surface area contributed by atoms with E-state index in [4.69, 9.17) is 10.5 Å². The average Bonchev–Trinajstić information content (AvgIpc) is 3.37. The van der Waals surface area contributed by atoms with Crippen molar-refractivity contribution in [2.75, 3.05) is 11.1 Å². The van der Waals surface area contributed by atoms with Crippen LogP contribution in [0.3, 0.4) is 0 Å². The Morgan fingerprint density at radius 1 is 0.784 bits per heavy atom. The van der Waals surface area contributed by atoms with Gasteiger partial charge < -0.3 is 15.8 Å². The van der Waals surface area contributed by atoms with Gasteiger partial charge in [-0.2, -0.15) is 10.2 Å². The maximum atomic E-state index is 6.07. The third kappa shape index (κ3) is 4.68. The first-order chi connectivity index (χ1) is 18.2. The second-order valence-electron chi connectivity index (χ2n) is 8.51. The second-order valence-corrected chi connectivity index (χ2v) is 8.51. The van der Waals surface area contributed by atoms with Crippen LogP contribution in [0, 0.1) is 0 Å². The largest absolute Gasteiger partial charge is 0.438 e. The van der Waals surface area contributed by atoms with Gasteiger partial charge in [-0.05, 0) is 42.0 Å². The number of rotatable bonds is 7. The maximum Gasteiger partial charge on any atom is 0.227 e. The third-order valence-electron chi connectivity index (χ3n) is 6.04. The lowest BCUT2D eigenvalue weighted by Crippen LogP contribution is -2.02. The number of pyridine rings is 1. The molecule has 6 rings (SSSR count). The van der Waals surface area contributed by atoms with Crippen LogP contribution < -0.4 is 15.8 Å². The number of nitrogens with one attached hydrogen (secondary N) is 2. The number of benzene rings is 3. The van der Waals surface area contributed by atoms with Gasteiger partial charge in [-0.3, -0.25) is 5.10 Å². The molecule has 0 radical (unpaired) electrons. The van der Waals surface area contributed by atoms with E-state index in [1.807, 2.05) is 66.7 Å². The molecule has 4 N–H and O–H groups in total. The number of nitrogen functional groups attached to an aromatic ring is 1. The Morgan fingerprint density at radius 2 is 1.57 bits per heavy atom. The van der Waals surface area contributed by atoms with Crippen LogP contribution >= 0.6 is 0 Å². The molecule has 3 aromatic heterocycles. The van der Waals surface area contributed by atoms with Gasteiger partial charge >= 0.3 is 0 Å². The first kappa shape index (κ1) is 22.2. The van der Waals surface area contributed by atoms with Crippen molar-refractivity contribution in [2.24, 2.45) is 0 Å². The highest BCUT2D eigenvalue weighted by molar-refractivity contribution is 5.94. The molecule has 3 heterocycles. The molecular weight excluding hydrogens is 462 g/mol. The van der Waals surface area contributed by atoms with Crippen LogP contribution in [0.15, 0.2) is 103 Å². The molecule has 0 aliphatic carbocycles. The SMILES string of the molecule is Nc1[nH]ncc1-c1cccnc1Oc1ccc(Nc2nnc(Cc3ccccc3)c3ccccc23)cc1. The number of ether oxygens (including phenoxy) is 1. The molecule has 0 saturated heterocycles. The zero-order valence-corrected chi connectivity index (χ0v) is 19.8. The van der Waals surface area contributed by atoms with Crippen LogP contribution in [0.5, 0.6) is 11.6 Å². The summed E-state index contributed by atoms with van der Waals surface area (Å²) in [5.74, 6) is 2.24. The standard InChI is InChI=1S/C29H23N7O/c30-27-25(18-32-35-27)24-11-6-16-31-29(24)37-21-14-12-20(13-15-21)33-28-23-10-5-4-9-22(23)26(34-36-28)17-19-7-2-1-3-8-19/h1-16,18H,17H2,(H,33,36)(H3,30,32,35). The molecule has 8 nitrogen and oxygen atoms in total. The van der Waals surface area contributed by atoms with Gasteiger partial charge in [0, 0.05) is 40.2 Å². The summed E-state index contributed by atoms with van der Waals surface area (Å²) in [5, 5.41) is 21.3. The molecule has 0 amide bonds. The second kappa shape index (κ2) is 9.79. The van der Waals surface area contributed by atoms with Crippen LogP contribution in [-0.2, 0) is 6.42 Å². The minimum Gasteiger partial charge on any atom is -0.438 e. The Hall–Kier alpha value is -5.24. The topological polar surface area (TPSA) is 115 Å². The van der Waals surface area contributed by atoms with Crippen molar-refractivity contribution in [3.05, 3.63) is 115 Å². The molecule has 6 aromatic rings. The molecule has 0 bridgehead atoms. The van der Waals surface area contributed by atoms with Crippen LogP contribution in [0.1, 0.15) is 11.3 Å². The summed E-state index contributed by atoms with van der Waals surface area (Å²) in [6, 6.07) is 29.8. The Bertz CT molecular complexity index is 1660. The van der Waals surface area contributed by atoms with Crippen molar-refractivity contribution in [2.45, 2.75) is 6.42 Å². The Balaban J connectivity index is 1.23. The van der Waals surface area contributed by atoms with Crippen molar-refractivity contribution >= 4 is 28.1 Å². The highest BCUT2D eigenvalue weighted by Crippen LogP contribution is 2.34. The van der Waals surface area contributed by atoms with E-state index in [1.54, 1.807) is 12.4 Å². The Labute approximate surface area is 213 Å². The molecule has 0 aliphatic rings. The first-order valence-corrected chi connectivity index (χ1v) is 11.8. The van der Waals surface area contributed by atoms with E-state index in [1.165, 1.54) is 5.56 Å². The number of nitrogens with zero attached hydrogens (tertiary/aromatic N) is 4. The number of H-pyrrole nitrogens is 1. The van der Waals surface area contributed by atoms with E-state index < -0.39 is 0 Å². The van der Waals surface area contributed by atoms with Crippen molar-refractivity contribution < 1.29 is 4.74 Å². The predicted molar refractivity (Wildman–Crippen MR) is 145 cm³/mol. The van der Waals surface area contributed by atoms with Crippen molar-refractivity contribution in [1.82, 2.24) is 25.4 Å². The lowest BCUT2D eigenvalue weighted by Gasteiger charge is -2.12. The fraction of sp³-hybridized carbons (Fsp3) is 0.0345. The predicted octanol–water partition coefficient (Wildman–Crippen LogP) is 6.12. The molecule has 0 fully saturated rings. The molecular formula is C29H23N7O. The zero-order valence-electron chi connectivity index (χ0n) is 19.8. The van der Waals surface area contributed by atoms with Crippen LogP contribution in [0.4, 0.5) is 17.3 Å². The first-order valence-electron chi connectivity index (χ1n) is 11.8. The van der Waals surface area contributed by atoms with E-state index >= 15 is 0 Å². The van der Waals surface area contributed by atoms with E-state index in [2.05, 4.69) is 55.0 Å². The van der Waals surface area contributed by atoms with E-state index in [0.29, 0.717) is 23.3 Å². The minimum absolute atomic E-state index is 0.446. The van der Waals surface area contributed by atoms with Gasteiger partial charge in [0.25, 0.3) is 0 Å². The van der Waals surface area contributed by atoms with Gasteiger partial charge in [-0.1, -0.05) is 54.6 Å². The summed E-state index contributed by atoms with van der Waals surface area (Å²) in [6.45, 7) is 0. The molecule has 0 atom stereocenters. The highest BCUT2D eigenvalue weighted by Gasteiger charge is 2.13. The summed E-state index contributed by atoms with van der Waals surface area (Å²) >= 11 is 0. The number of hydrogen-bond donors (Lipinski definition) is 3. The van der Waals surface area contributed by atoms with Gasteiger partial charge in [-0.25, -0.2) is 4.98 Å². The summed E-state index contributed by atoms with van der Waals surface area (Å²) < 4.78 is 6.07. The number of aromatic nitrogens is 5. The summed E-state index contributed by atoms with van der Waals surface area (Å²) in [7, 11) is 0. The normalized spacial score (nSPS) is 10.9. The average molecular weight is 486 g/mol. The molecule has 37 heavy (non-hydrogen) atoms. The van der Waals surface area contributed by atoms with E-state index in [-0.39, 0.29) is 0 Å². The Kier molecular flexibility index (Phi) is 5.88. The van der Waals surface area contributed by atoms with E-state index in [0.717, 1.165) is 39.7 Å². The third-order valence-corrected chi connectivity index (χ3v) is 6.04. The molecule has 0 unspecified atom stereocenters. The molecule has 0 aliphatic heterocycles. The summed E-state index contributed by atoms with van der Waals surface area (Å²) in [6.07, 6.45) is 4.06. The van der Waals surface area contributed by atoms with Crippen molar-refractivity contribution in [1.29, 1.82) is 0 Å². The lowest BCUT2D eigenvalue weighted by atomic mass is 10.0. The maximum absolute atomic E-state index is 6.07. The number of hydrogen-bond acceptors (Lipinski definition) is 7. The van der Waals surface area contributed by atoms with Crippen LogP contribution in [0.2, 0.25) is 0 Å². The summed E-state index contributed by atoms with van der Waals surface area (Å²) in [4.78, 5) is 4.38. The van der Waals surface area contributed by atoms with Gasteiger partial charge in [-0.15, -0.1) is 5.10 Å². The monoisotopic (exact) mass is 485 g/mol. The van der Waals surface area contributed by atoms with E-state index in [9.17, 15) is 0 Å². The molecule has 3 aromatic carbocycles. The highest BCUT2D eigenvalue weighted by atomic mass is 16.5. The molecule has 8 heteroatoms. The molecule has 0 saturated carbocycles. The zero-order chi connectivity index (χ0) is 25.0.